The van der Waals surface area contributed by atoms with Crippen molar-refractivity contribution < 1.29 is 18.8 Å². The van der Waals surface area contributed by atoms with E-state index in [4.69, 9.17) is 9.47 Å². The van der Waals surface area contributed by atoms with Crippen LogP contribution in [-0.4, -0.2) is 36.3 Å². The van der Waals surface area contributed by atoms with Crippen molar-refractivity contribution in [1.82, 2.24) is 5.32 Å². The standard InChI is InChI=1S/C14H17FN2O4/c15-10-1-2-12(17(18)19)13(7-10)21-11-8-14(20-9-11)3-5-16-6-4-14/h1-2,7,11,16H,3-6,8-9H2. The molecule has 2 aliphatic rings. The first-order valence-electron chi connectivity index (χ1n) is 7.03. The molecular weight excluding hydrogens is 279 g/mol. The zero-order valence-electron chi connectivity index (χ0n) is 11.5. The van der Waals surface area contributed by atoms with Crippen molar-refractivity contribution in [3.63, 3.8) is 0 Å². The molecule has 0 aromatic heterocycles. The molecule has 1 aromatic carbocycles. The van der Waals surface area contributed by atoms with Gasteiger partial charge >= 0.3 is 5.69 Å². The van der Waals surface area contributed by atoms with E-state index in [9.17, 15) is 14.5 Å². The van der Waals surface area contributed by atoms with Crippen LogP contribution in [0.3, 0.4) is 0 Å². The summed E-state index contributed by atoms with van der Waals surface area (Å²) in [6, 6.07) is 3.25. The maximum atomic E-state index is 13.3. The van der Waals surface area contributed by atoms with Crippen molar-refractivity contribution in [2.45, 2.75) is 31.0 Å². The molecule has 0 saturated carbocycles. The van der Waals surface area contributed by atoms with Gasteiger partial charge in [0.2, 0.25) is 0 Å². The Bertz CT molecular complexity index is 546. The second-order valence-corrected chi connectivity index (χ2v) is 5.56. The number of ether oxygens (including phenoxy) is 2. The van der Waals surface area contributed by atoms with Crippen LogP contribution in [0.5, 0.6) is 5.75 Å². The van der Waals surface area contributed by atoms with Crippen LogP contribution in [0.4, 0.5) is 10.1 Å². The van der Waals surface area contributed by atoms with Crippen molar-refractivity contribution in [3.8, 4) is 5.75 Å². The summed E-state index contributed by atoms with van der Waals surface area (Å²) in [4.78, 5) is 10.4. The molecule has 114 valence electrons. The van der Waals surface area contributed by atoms with E-state index in [0.29, 0.717) is 13.0 Å². The molecule has 6 nitrogen and oxygen atoms in total. The Morgan fingerprint density at radius 1 is 1.43 bits per heavy atom. The monoisotopic (exact) mass is 296 g/mol. The Balaban J connectivity index is 1.73. The lowest BCUT2D eigenvalue weighted by molar-refractivity contribution is -0.386. The van der Waals surface area contributed by atoms with Crippen LogP contribution in [0.1, 0.15) is 19.3 Å². The number of benzene rings is 1. The molecule has 7 heteroatoms. The molecule has 2 saturated heterocycles. The Morgan fingerprint density at radius 3 is 2.90 bits per heavy atom. The highest BCUT2D eigenvalue weighted by atomic mass is 19.1. The fourth-order valence-electron chi connectivity index (χ4n) is 3.02. The van der Waals surface area contributed by atoms with Crippen molar-refractivity contribution in [1.29, 1.82) is 0 Å². The smallest absolute Gasteiger partial charge is 0.311 e. The predicted molar refractivity (Wildman–Crippen MR) is 72.9 cm³/mol. The minimum Gasteiger partial charge on any atom is -0.481 e. The van der Waals surface area contributed by atoms with Gasteiger partial charge in [0.1, 0.15) is 11.9 Å². The maximum absolute atomic E-state index is 13.3. The number of rotatable bonds is 3. The van der Waals surface area contributed by atoms with Gasteiger partial charge < -0.3 is 14.8 Å². The van der Waals surface area contributed by atoms with Gasteiger partial charge in [-0.2, -0.15) is 0 Å². The average Bonchev–Trinajstić information content (AvgIpc) is 2.82. The molecule has 1 atom stereocenters. The summed E-state index contributed by atoms with van der Waals surface area (Å²) >= 11 is 0. The van der Waals surface area contributed by atoms with Crippen molar-refractivity contribution >= 4 is 5.69 Å². The van der Waals surface area contributed by atoms with Crippen LogP contribution in [0.15, 0.2) is 18.2 Å². The highest BCUT2D eigenvalue weighted by Gasteiger charge is 2.42. The highest BCUT2D eigenvalue weighted by Crippen LogP contribution is 2.37. The molecule has 3 rings (SSSR count). The maximum Gasteiger partial charge on any atom is 0.311 e. The minimum absolute atomic E-state index is 0.0282. The summed E-state index contributed by atoms with van der Waals surface area (Å²) in [5.74, 6) is -0.578. The lowest BCUT2D eigenvalue weighted by Crippen LogP contribution is -2.41. The molecule has 0 radical (unpaired) electrons. The predicted octanol–water partition coefficient (Wildman–Crippen LogP) is 2.02. The first kappa shape index (κ1) is 14.2. The molecule has 0 amide bonds. The normalized spacial score (nSPS) is 24.1. The number of nitrogens with one attached hydrogen (secondary N) is 1. The van der Waals surface area contributed by atoms with Crippen LogP contribution in [0, 0.1) is 15.9 Å². The fourth-order valence-corrected chi connectivity index (χ4v) is 3.02. The van der Waals surface area contributed by atoms with Crippen LogP contribution >= 0.6 is 0 Å². The Hall–Kier alpha value is -1.73. The zero-order chi connectivity index (χ0) is 14.9. The Labute approximate surface area is 121 Å². The SMILES string of the molecule is O=[N+]([O-])c1ccc(F)cc1OC1COC2(CCNCC2)C1. The number of nitrogens with zero attached hydrogens (tertiary/aromatic N) is 1. The molecular formula is C14H17FN2O4. The molecule has 0 bridgehead atoms. The molecule has 2 fully saturated rings. The topological polar surface area (TPSA) is 73.6 Å². The second-order valence-electron chi connectivity index (χ2n) is 5.56. The summed E-state index contributed by atoms with van der Waals surface area (Å²) in [5.41, 5.74) is -0.416. The number of hydrogen-bond donors (Lipinski definition) is 1. The van der Waals surface area contributed by atoms with Crippen LogP contribution < -0.4 is 10.1 Å². The summed E-state index contributed by atoms with van der Waals surface area (Å²) in [6.07, 6.45) is 2.21. The van der Waals surface area contributed by atoms with E-state index in [1.165, 1.54) is 0 Å². The number of hydrogen-bond acceptors (Lipinski definition) is 5. The molecule has 0 aliphatic carbocycles. The van der Waals surface area contributed by atoms with E-state index in [1.54, 1.807) is 0 Å². The Kier molecular flexibility index (Phi) is 3.77. The van der Waals surface area contributed by atoms with Crippen LogP contribution in [0.25, 0.3) is 0 Å². The van der Waals surface area contributed by atoms with E-state index in [0.717, 1.165) is 44.1 Å². The van der Waals surface area contributed by atoms with E-state index in [-0.39, 0.29) is 23.1 Å². The lowest BCUT2D eigenvalue weighted by atomic mass is 9.89. The number of nitro benzene ring substituents is 1. The number of halogens is 1. The molecule has 1 aromatic rings. The summed E-state index contributed by atoms with van der Waals surface area (Å²) in [5, 5.41) is 14.2. The van der Waals surface area contributed by atoms with Gasteiger partial charge in [-0.05, 0) is 32.0 Å². The summed E-state index contributed by atoms with van der Waals surface area (Å²) < 4.78 is 24.8. The van der Waals surface area contributed by atoms with Gasteiger partial charge in [0, 0.05) is 18.6 Å². The largest absolute Gasteiger partial charge is 0.481 e. The highest BCUT2D eigenvalue weighted by molar-refractivity contribution is 5.46. The van der Waals surface area contributed by atoms with Gasteiger partial charge in [-0.25, -0.2) is 4.39 Å². The number of piperidine rings is 1. The third-order valence-corrected chi connectivity index (χ3v) is 4.10. The van der Waals surface area contributed by atoms with Gasteiger partial charge in [-0.3, -0.25) is 10.1 Å². The van der Waals surface area contributed by atoms with Gasteiger partial charge in [0.05, 0.1) is 17.1 Å². The van der Waals surface area contributed by atoms with Gasteiger partial charge in [-0.1, -0.05) is 0 Å². The summed E-state index contributed by atoms with van der Waals surface area (Å²) in [7, 11) is 0. The quantitative estimate of drug-likeness (QED) is 0.682. The first-order chi connectivity index (χ1) is 10.1. The van der Waals surface area contributed by atoms with E-state index < -0.39 is 10.7 Å². The second kappa shape index (κ2) is 5.57. The van der Waals surface area contributed by atoms with E-state index >= 15 is 0 Å². The molecule has 2 heterocycles. The molecule has 2 aliphatic heterocycles. The fraction of sp³-hybridized carbons (Fsp3) is 0.571. The van der Waals surface area contributed by atoms with Crippen molar-refractivity contribution in [2.24, 2.45) is 0 Å². The third kappa shape index (κ3) is 2.98. The van der Waals surface area contributed by atoms with E-state index in [2.05, 4.69) is 5.32 Å². The lowest BCUT2D eigenvalue weighted by Gasteiger charge is -2.32. The molecule has 1 spiro atoms. The Morgan fingerprint density at radius 2 is 2.19 bits per heavy atom. The van der Waals surface area contributed by atoms with Crippen molar-refractivity contribution in [3.05, 3.63) is 34.1 Å². The van der Waals surface area contributed by atoms with Crippen molar-refractivity contribution in [2.75, 3.05) is 19.7 Å². The van der Waals surface area contributed by atoms with Gasteiger partial charge in [0.25, 0.3) is 0 Å². The first-order valence-corrected chi connectivity index (χ1v) is 7.03. The van der Waals surface area contributed by atoms with Crippen LogP contribution in [0.2, 0.25) is 0 Å². The average molecular weight is 296 g/mol. The van der Waals surface area contributed by atoms with Gasteiger partial charge in [0.15, 0.2) is 5.75 Å². The molecule has 21 heavy (non-hydrogen) atoms. The molecule has 1 N–H and O–H groups in total. The molecule has 1 unspecified atom stereocenters. The van der Waals surface area contributed by atoms with Gasteiger partial charge in [-0.15, -0.1) is 0 Å². The van der Waals surface area contributed by atoms with E-state index in [1.807, 2.05) is 0 Å². The summed E-state index contributed by atoms with van der Waals surface area (Å²) in [6.45, 7) is 2.17. The third-order valence-electron chi connectivity index (χ3n) is 4.10. The number of nitro groups is 1. The zero-order valence-corrected chi connectivity index (χ0v) is 11.5. The minimum atomic E-state index is -0.565. The van der Waals surface area contributed by atoms with Crippen LogP contribution in [-0.2, 0) is 4.74 Å².